The number of nitrogens with two attached hydrogens (primary N) is 1. The van der Waals surface area contributed by atoms with E-state index in [2.05, 4.69) is 0 Å². The molecule has 2 amide bonds. The minimum atomic E-state index is -0.104. The van der Waals surface area contributed by atoms with Crippen LogP contribution in [-0.2, 0) is 9.59 Å². The van der Waals surface area contributed by atoms with Crippen LogP contribution >= 0.6 is 0 Å². The molecule has 0 bridgehead atoms. The van der Waals surface area contributed by atoms with Crippen molar-refractivity contribution in [2.75, 3.05) is 6.54 Å². The van der Waals surface area contributed by atoms with Gasteiger partial charge in [-0.1, -0.05) is 13.8 Å². The molecule has 16 heavy (non-hydrogen) atoms. The average Bonchev–Trinajstić information content (AvgIpc) is 3.06. The van der Waals surface area contributed by atoms with Gasteiger partial charge in [0, 0.05) is 6.54 Å². The highest BCUT2D eigenvalue weighted by Crippen LogP contribution is 2.64. The molecule has 0 radical (unpaired) electrons. The number of fused-ring (bicyclic) bond motifs is 1. The highest BCUT2D eigenvalue weighted by molar-refractivity contribution is 6.10. The summed E-state index contributed by atoms with van der Waals surface area (Å²) in [4.78, 5) is 25.8. The van der Waals surface area contributed by atoms with Crippen molar-refractivity contribution >= 4 is 11.8 Å². The van der Waals surface area contributed by atoms with Gasteiger partial charge >= 0.3 is 0 Å². The van der Waals surface area contributed by atoms with Crippen LogP contribution in [0.1, 0.15) is 26.7 Å². The Bertz CT molecular complexity index is 349. The average molecular weight is 222 g/mol. The van der Waals surface area contributed by atoms with Crippen LogP contribution in [0.4, 0.5) is 0 Å². The third-order valence-electron chi connectivity index (χ3n) is 4.57. The van der Waals surface area contributed by atoms with Crippen LogP contribution in [0.5, 0.6) is 0 Å². The van der Waals surface area contributed by atoms with Crippen LogP contribution < -0.4 is 5.73 Å². The molecule has 2 aliphatic carbocycles. The maximum atomic E-state index is 12.2. The predicted molar refractivity (Wildman–Crippen MR) is 58.2 cm³/mol. The molecule has 1 saturated heterocycles. The van der Waals surface area contributed by atoms with Crippen LogP contribution in [0.3, 0.4) is 0 Å². The Morgan fingerprint density at radius 3 is 2.19 bits per heavy atom. The molecular weight excluding hydrogens is 204 g/mol. The molecule has 4 nitrogen and oxygen atoms in total. The zero-order valence-corrected chi connectivity index (χ0v) is 9.77. The van der Waals surface area contributed by atoms with Gasteiger partial charge < -0.3 is 5.73 Å². The van der Waals surface area contributed by atoms with Gasteiger partial charge in [0.2, 0.25) is 11.8 Å². The Morgan fingerprint density at radius 1 is 1.31 bits per heavy atom. The summed E-state index contributed by atoms with van der Waals surface area (Å²) >= 11 is 0. The summed E-state index contributed by atoms with van der Waals surface area (Å²) in [7, 11) is 0. The first-order valence-electron chi connectivity index (χ1n) is 6.07. The molecule has 1 aliphatic heterocycles. The molecule has 2 saturated carbocycles. The normalized spacial score (nSPS) is 37.6. The van der Waals surface area contributed by atoms with E-state index in [1.165, 1.54) is 4.90 Å². The van der Waals surface area contributed by atoms with Gasteiger partial charge in [0.05, 0.1) is 17.9 Å². The smallest absolute Gasteiger partial charge is 0.233 e. The first kappa shape index (κ1) is 10.3. The van der Waals surface area contributed by atoms with Gasteiger partial charge in [-0.3, -0.25) is 14.5 Å². The van der Waals surface area contributed by atoms with Crippen LogP contribution in [0.15, 0.2) is 0 Å². The molecule has 3 unspecified atom stereocenters. The zero-order chi connectivity index (χ0) is 11.7. The molecule has 3 aliphatic rings. The van der Waals surface area contributed by atoms with Gasteiger partial charge in [0.15, 0.2) is 0 Å². The topological polar surface area (TPSA) is 63.4 Å². The number of carbonyl (C=O) groups is 2. The van der Waals surface area contributed by atoms with Crippen LogP contribution in [0.2, 0.25) is 0 Å². The molecule has 3 fully saturated rings. The highest BCUT2D eigenvalue weighted by atomic mass is 16.2. The first-order valence-corrected chi connectivity index (χ1v) is 6.07. The molecule has 0 spiro atoms. The van der Waals surface area contributed by atoms with Gasteiger partial charge in [0.25, 0.3) is 0 Å². The molecule has 88 valence electrons. The lowest BCUT2D eigenvalue weighted by atomic mass is 10.0. The van der Waals surface area contributed by atoms with Crippen molar-refractivity contribution in [3.8, 4) is 0 Å². The van der Waals surface area contributed by atoms with E-state index in [0.29, 0.717) is 12.5 Å². The fraction of sp³-hybridized carbons (Fsp3) is 0.833. The number of nitrogens with zero attached hydrogens (tertiary/aromatic N) is 1. The molecule has 4 heteroatoms. The number of amides is 2. The summed E-state index contributed by atoms with van der Waals surface area (Å²) in [6.07, 6.45) is 2.22. The summed E-state index contributed by atoms with van der Waals surface area (Å²) in [5.41, 5.74) is 5.60. The van der Waals surface area contributed by atoms with Crippen molar-refractivity contribution in [1.29, 1.82) is 0 Å². The van der Waals surface area contributed by atoms with Crippen molar-refractivity contribution in [3.63, 3.8) is 0 Å². The van der Waals surface area contributed by atoms with Crippen molar-refractivity contribution in [2.24, 2.45) is 28.9 Å². The third kappa shape index (κ3) is 1.08. The standard InChI is InChI=1S/C12H18N2O2/c1-12(2)8-9(12)11(16)14(10(8)15)7(5-13)6-3-4-6/h6-9H,3-5,13H2,1-2H3. The second-order valence-electron chi connectivity index (χ2n) is 5.96. The van der Waals surface area contributed by atoms with E-state index in [1.54, 1.807) is 0 Å². The van der Waals surface area contributed by atoms with E-state index in [4.69, 9.17) is 5.73 Å². The van der Waals surface area contributed by atoms with E-state index < -0.39 is 0 Å². The fourth-order valence-corrected chi connectivity index (χ4v) is 3.28. The molecule has 2 N–H and O–H groups in total. The number of piperidine rings is 1. The second-order valence-corrected chi connectivity index (χ2v) is 5.96. The van der Waals surface area contributed by atoms with Crippen molar-refractivity contribution in [3.05, 3.63) is 0 Å². The predicted octanol–water partition coefficient (Wildman–Crippen LogP) is 0.365. The highest BCUT2D eigenvalue weighted by Gasteiger charge is 2.73. The number of hydrogen-bond donors (Lipinski definition) is 1. The molecular formula is C12H18N2O2. The maximum Gasteiger partial charge on any atom is 0.233 e. The molecule has 3 atom stereocenters. The van der Waals surface area contributed by atoms with Crippen LogP contribution in [-0.4, -0.2) is 29.3 Å². The van der Waals surface area contributed by atoms with Crippen molar-refractivity contribution < 1.29 is 9.59 Å². The zero-order valence-electron chi connectivity index (χ0n) is 9.77. The maximum absolute atomic E-state index is 12.2. The van der Waals surface area contributed by atoms with Gasteiger partial charge in [-0.25, -0.2) is 0 Å². The summed E-state index contributed by atoms with van der Waals surface area (Å²) in [6.45, 7) is 4.43. The Kier molecular flexibility index (Phi) is 1.83. The number of rotatable bonds is 3. The largest absolute Gasteiger partial charge is 0.328 e. The molecule has 0 aromatic heterocycles. The van der Waals surface area contributed by atoms with Gasteiger partial charge in [-0.05, 0) is 24.2 Å². The number of likely N-dealkylation sites (tertiary alicyclic amines) is 1. The number of imide groups is 1. The minimum Gasteiger partial charge on any atom is -0.328 e. The van der Waals surface area contributed by atoms with E-state index in [1.807, 2.05) is 13.8 Å². The minimum absolute atomic E-state index is 0.0244. The summed E-state index contributed by atoms with van der Waals surface area (Å²) in [5, 5.41) is 0. The Morgan fingerprint density at radius 2 is 1.81 bits per heavy atom. The fourth-order valence-electron chi connectivity index (χ4n) is 3.28. The van der Waals surface area contributed by atoms with Gasteiger partial charge in [-0.2, -0.15) is 0 Å². The Labute approximate surface area is 95.2 Å². The van der Waals surface area contributed by atoms with Crippen molar-refractivity contribution in [1.82, 2.24) is 4.90 Å². The van der Waals surface area contributed by atoms with Crippen LogP contribution in [0, 0.1) is 23.2 Å². The monoisotopic (exact) mass is 222 g/mol. The molecule has 1 heterocycles. The van der Waals surface area contributed by atoms with E-state index in [-0.39, 0.29) is 35.1 Å². The molecule has 3 rings (SSSR count). The Balaban J connectivity index is 1.84. The number of carbonyl (C=O) groups excluding carboxylic acids is 2. The lowest BCUT2D eigenvalue weighted by Crippen LogP contribution is -2.48. The summed E-state index contributed by atoms with van der Waals surface area (Å²) in [6, 6.07) is -0.0244. The SMILES string of the molecule is CC1(C)C2C(=O)N(C(CN)C3CC3)C(=O)C21. The van der Waals surface area contributed by atoms with E-state index in [9.17, 15) is 9.59 Å². The van der Waals surface area contributed by atoms with Crippen LogP contribution in [0.25, 0.3) is 0 Å². The molecule has 0 aromatic carbocycles. The first-order chi connectivity index (χ1) is 7.50. The molecule has 0 aromatic rings. The second kappa shape index (κ2) is 2.86. The lowest BCUT2D eigenvalue weighted by molar-refractivity contribution is -0.146. The van der Waals surface area contributed by atoms with Gasteiger partial charge in [0.1, 0.15) is 0 Å². The number of hydrogen-bond acceptors (Lipinski definition) is 3. The third-order valence-corrected chi connectivity index (χ3v) is 4.57. The summed E-state index contributed by atoms with van der Waals surface area (Å²) in [5.74, 6) is 0.406. The Hall–Kier alpha value is -0.900. The quantitative estimate of drug-likeness (QED) is 0.701. The summed E-state index contributed by atoms with van der Waals surface area (Å²) < 4.78 is 0. The van der Waals surface area contributed by atoms with Crippen molar-refractivity contribution in [2.45, 2.75) is 32.7 Å². The lowest BCUT2D eigenvalue weighted by Gasteiger charge is -2.28. The van der Waals surface area contributed by atoms with E-state index >= 15 is 0 Å². The van der Waals surface area contributed by atoms with Gasteiger partial charge in [-0.15, -0.1) is 0 Å². The van der Waals surface area contributed by atoms with E-state index in [0.717, 1.165) is 12.8 Å².